The van der Waals surface area contributed by atoms with Gasteiger partial charge in [0, 0.05) is 43.2 Å². The third kappa shape index (κ3) is 4.41. The minimum Gasteiger partial charge on any atom is -0.352 e. The Balaban J connectivity index is 1.70. The Hall–Kier alpha value is -2.70. The molecule has 0 atom stereocenters. The highest BCUT2D eigenvalue weighted by molar-refractivity contribution is 5.94. The number of nitrogens with one attached hydrogen (secondary N) is 1. The molecule has 0 aliphatic carbocycles. The number of amides is 1. The van der Waals surface area contributed by atoms with Crippen LogP contribution in [0.5, 0.6) is 0 Å². The predicted molar refractivity (Wildman–Crippen MR) is 76.9 cm³/mol. The van der Waals surface area contributed by atoms with Gasteiger partial charge in [0.25, 0.3) is 11.6 Å². The van der Waals surface area contributed by atoms with E-state index in [1.807, 2.05) is 16.9 Å². The number of non-ortho nitro benzene ring substituents is 1. The number of benzene rings is 1. The minimum absolute atomic E-state index is 0.0224. The van der Waals surface area contributed by atoms with Gasteiger partial charge in [0.2, 0.25) is 0 Å². The van der Waals surface area contributed by atoms with Crippen LogP contribution in [0.3, 0.4) is 0 Å². The molecule has 0 radical (unpaired) electrons. The van der Waals surface area contributed by atoms with E-state index >= 15 is 0 Å². The molecule has 0 saturated carbocycles. The van der Waals surface area contributed by atoms with Crippen molar-refractivity contribution in [3.63, 3.8) is 0 Å². The molecular formula is C14H16N4O3. The second-order valence-corrected chi connectivity index (χ2v) is 4.54. The van der Waals surface area contributed by atoms with Crippen LogP contribution >= 0.6 is 0 Å². The molecule has 1 aromatic heterocycles. The van der Waals surface area contributed by atoms with Gasteiger partial charge in [-0.15, -0.1) is 0 Å². The summed E-state index contributed by atoms with van der Waals surface area (Å²) in [5.74, 6) is -0.219. The van der Waals surface area contributed by atoms with E-state index in [4.69, 9.17) is 0 Å². The third-order valence-electron chi connectivity index (χ3n) is 3.00. The molecule has 0 fully saturated rings. The fraction of sp³-hybridized carbons (Fsp3) is 0.286. The van der Waals surface area contributed by atoms with Gasteiger partial charge >= 0.3 is 0 Å². The predicted octanol–water partition coefficient (Wildman–Crippen LogP) is 2.00. The first kappa shape index (κ1) is 14.7. The number of unbranched alkanes of at least 4 members (excludes halogenated alkanes) is 1. The van der Waals surface area contributed by atoms with E-state index in [2.05, 4.69) is 10.4 Å². The largest absolute Gasteiger partial charge is 0.352 e. The Kier molecular flexibility index (Phi) is 5.03. The average Bonchev–Trinajstić information content (AvgIpc) is 3.00. The standard InChI is InChI=1S/C14H16N4O3/c19-14(12-4-6-13(7-5-12)18(20)21)15-8-1-2-10-17-11-3-9-16-17/h3-7,9,11H,1-2,8,10H2,(H,15,19). The summed E-state index contributed by atoms with van der Waals surface area (Å²) in [5, 5.41) is 17.4. The molecule has 0 unspecified atom stereocenters. The molecule has 0 saturated heterocycles. The number of hydrogen-bond acceptors (Lipinski definition) is 4. The number of rotatable bonds is 7. The summed E-state index contributed by atoms with van der Waals surface area (Å²) >= 11 is 0. The first-order chi connectivity index (χ1) is 10.2. The van der Waals surface area contributed by atoms with Crippen molar-refractivity contribution in [2.75, 3.05) is 6.54 Å². The van der Waals surface area contributed by atoms with Crippen molar-refractivity contribution < 1.29 is 9.72 Å². The van der Waals surface area contributed by atoms with Crippen LogP contribution in [0.2, 0.25) is 0 Å². The molecule has 0 aliphatic heterocycles. The lowest BCUT2D eigenvalue weighted by Crippen LogP contribution is -2.24. The van der Waals surface area contributed by atoms with Crippen molar-refractivity contribution in [2.45, 2.75) is 19.4 Å². The molecule has 7 heteroatoms. The number of nitrogens with zero attached hydrogens (tertiary/aromatic N) is 3. The van der Waals surface area contributed by atoms with Crippen LogP contribution in [0, 0.1) is 10.1 Å². The highest BCUT2D eigenvalue weighted by Crippen LogP contribution is 2.11. The Morgan fingerprint density at radius 1 is 1.29 bits per heavy atom. The van der Waals surface area contributed by atoms with Crippen LogP contribution in [0.1, 0.15) is 23.2 Å². The van der Waals surface area contributed by atoms with Crippen LogP contribution < -0.4 is 5.32 Å². The smallest absolute Gasteiger partial charge is 0.269 e. The SMILES string of the molecule is O=C(NCCCCn1cccn1)c1ccc([N+](=O)[O-])cc1. The molecule has 1 amide bonds. The van der Waals surface area contributed by atoms with Crippen molar-refractivity contribution in [1.29, 1.82) is 0 Å². The highest BCUT2D eigenvalue weighted by atomic mass is 16.6. The fourth-order valence-corrected chi connectivity index (χ4v) is 1.87. The van der Waals surface area contributed by atoms with Crippen LogP contribution in [0.4, 0.5) is 5.69 Å². The summed E-state index contributed by atoms with van der Waals surface area (Å²) < 4.78 is 1.85. The molecule has 1 aromatic carbocycles. The number of carbonyl (C=O) groups is 1. The van der Waals surface area contributed by atoms with E-state index in [1.54, 1.807) is 6.20 Å². The van der Waals surface area contributed by atoms with Gasteiger partial charge in [0.15, 0.2) is 0 Å². The molecule has 2 rings (SSSR count). The van der Waals surface area contributed by atoms with Crippen molar-refractivity contribution in [2.24, 2.45) is 0 Å². The average molecular weight is 288 g/mol. The Bertz CT molecular complexity index is 593. The molecule has 1 N–H and O–H groups in total. The molecule has 0 spiro atoms. The van der Waals surface area contributed by atoms with Crippen LogP contribution in [0.25, 0.3) is 0 Å². The summed E-state index contributed by atoms with van der Waals surface area (Å²) in [4.78, 5) is 21.9. The van der Waals surface area contributed by atoms with Crippen molar-refractivity contribution in [3.05, 3.63) is 58.4 Å². The van der Waals surface area contributed by atoms with E-state index in [1.165, 1.54) is 24.3 Å². The summed E-state index contributed by atoms with van der Waals surface area (Å²) in [6, 6.07) is 7.43. The molecule has 7 nitrogen and oxygen atoms in total. The topological polar surface area (TPSA) is 90.1 Å². The molecule has 21 heavy (non-hydrogen) atoms. The maximum absolute atomic E-state index is 11.8. The van der Waals surface area contributed by atoms with Gasteiger partial charge in [-0.25, -0.2) is 0 Å². The number of carbonyl (C=O) groups excluding carboxylic acids is 1. The highest BCUT2D eigenvalue weighted by Gasteiger charge is 2.08. The van der Waals surface area contributed by atoms with E-state index in [9.17, 15) is 14.9 Å². The lowest BCUT2D eigenvalue weighted by atomic mass is 10.2. The van der Waals surface area contributed by atoms with Crippen LogP contribution in [0.15, 0.2) is 42.7 Å². The number of hydrogen-bond donors (Lipinski definition) is 1. The molecule has 1 heterocycles. The zero-order valence-electron chi connectivity index (χ0n) is 11.4. The van der Waals surface area contributed by atoms with Gasteiger partial charge in [0.1, 0.15) is 0 Å². The second kappa shape index (κ2) is 7.18. The zero-order valence-corrected chi connectivity index (χ0v) is 11.4. The van der Waals surface area contributed by atoms with Gasteiger partial charge in [-0.2, -0.15) is 5.10 Å². The van der Waals surface area contributed by atoms with Crippen LogP contribution in [-0.4, -0.2) is 27.2 Å². The first-order valence-corrected chi connectivity index (χ1v) is 6.67. The van der Waals surface area contributed by atoms with E-state index in [0.29, 0.717) is 12.1 Å². The second-order valence-electron chi connectivity index (χ2n) is 4.54. The zero-order chi connectivity index (χ0) is 15.1. The maximum Gasteiger partial charge on any atom is 0.269 e. The lowest BCUT2D eigenvalue weighted by molar-refractivity contribution is -0.384. The quantitative estimate of drug-likeness (QED) is 0.479. The number of nitro groups is 1. The van der Waals surface area contributed by atoms with Gasteiger partial charge in [-0.05, 0) is 31.0 Å². The normalized spacial score (nSPS) is 10.3. The Morgan fingerprint density at radius 2 is 2.05 bits per heavy atom. The van der Waals surface area contributed by atoms with Gasteiger partial charge < -0.3 is 5.32 Å². The van der Waals surface area contributed by atoms with Crippen molar-refractivity contribution in [1.82, 2.24) is 15.1 Å². The number of nitro benzene ring substituents is 1. The lowest BCUT2D eigenvalue weighted by Gasteiger charge is -2.05. The van der Waals surface area contributed by atoms with E-state index in [-0.39, 0.29) is 11.6 Å². The van der Waals surface area contributed by atoms with Crippen molar-refractivity contribution >= 4 is 11.6 Å². The molecule has 0 bridgehead atoms. The Labute approximate surface area is 121 Å². The third-order valence-corrected chi connectivity index (χ3v) is 3.00. The van der Waals surface area contributed by atoms with Crippen LogP contribution in [-0.2, 0) is 6.54 Å². The summed E-state index contributed by atoms with van der Waals surface area (Å²) in [6.45, 7) is 1.39. The Morgan fingerprint density at radius 3 is 2.67 bits per heavy atom. The van der Waals surface area contributed by atoms with E-state index < -0.39 is 4.92 Å². The summed E-state index contributed by atoms with van der Waals surface area (Å²) in [7, 11) is 0. The number of aromatic nitrogens is 2. The van der Waals surface area contributed by atoms with Gasteiger partial charge in [-0.1, -0.05) is 0 Å². The van der Waals surface area contributed by atoms with Gasteiger partial charge in [0.05, 0.1) is 4.92 Å². The number of aryl methyl sites for hydroxylation is 1. The van der Waals surface area contributed by atoms with Crippen molar-refractivity contribution in [3.8, 4) is 0 Å². The minimum atomic E-state index is -0.489. The molecule has 2 aromatic rings. The van der Waals surface area contributed by atoms with Gasteiger partial charge in [-0.3, -0.25) is 19.6 Å². The molecule has 0 aliphatic rings. The first-order valence-electron chi connectivity index (χ1n) is 6.67. The molecule has 110 valence electrons. The maximum atomic E-state index is 11.8. The van der Waals surface area contributed by atoms with E-state index in [0.717, 1.165) is 19.4 Å². The molecular weight excluding hydrogens is 272 g/mol. The summed E-state index contributed by atoms with van der Waals surface area (Å²) in [5.41, 5.74) is 0.401. The fourth-order valence-electron chi connectivity index (χ4n) is 1.87. The monoisotopic (exact) mass is 288 g/mol. The summed E-state index contributed by atoms with van der Waals surface area (Å²) in [6.07, 6.45) is 5.40.